The molecule has 0 radical (unpaired) electrons. The number of aromatic nitrogens is 3. The fourth-order valence-electron chi connectivity index (χ4n) is 3.76. The molecule has 1 saturated heterocycles. The molecule has 0 spiro atoms. The van der Waals surface area contributed by atoms with E-state index in [1.165, 1.54) is 18.2 Å². The SMILES string of the molecule is CCc1nc2c(F)cc(CN3CCN(c4ccc(C(=O)O)nc4F)CC3)cc2[nH]c1=O. The summed E-state index contributed by atoms with van der Waals surface area (Å²) in [6, 6.07) is 5.86. The lowest BCUT2D eigenvalue weighted by atomic mass is 10.1. The van der Waals surface area contributed by atoms with Crippen molar-refractivity contribution in [3.63, 3.8) is 0 Å². The highest BCUT2D eigenvalue weighted by Gasteiger charge is 2.22. The molecule has 3 heterocycles. The van der Waals surface area contributed by atoms with Gasteiger partial charge in [0.1, 0.15) is 11.2 Å². The number of carboxylic acid groups (broad SMARTS) is 1. The van der Waals surface area contributed by atoms with Crippen LogP contribution in [0.4, 0.5) is 14.5 Å². The number of carboxylic acids is 1. The smallest absolute Gasteiger partial charge is 0.354 e. The number of fused-ring (bicyclic) bond motifs is 1. The molecular weight excluding hydrogens is 408 g/mol. The van der Waals surface area contributed by atoms with Crippen LogP contribution < -0.4 is 10.5 Å². The molecule has 31 heavy (non-hydrogen) atoms. The number of anilines is 1. The minimum atomic E-state index is -1.28. The van der Waals surface area contributed by atoms with Gasteiger partial charge in [0.05, 0.1) is 11.2 Å². The Balaban J connectivity index is 1.46. The summed E-state index contributed by atoms with van der Waals surface area (Å²) in [5, 5.41) is 8.91. The molecule has 2 aromatic heterocycles. The standard InChI is InChI=1S/C21H21F2N5O3/c1-2-14-20(29)26-16-10-12(9-13(22)18(16)24-14)11-27-5-7-28(8-6-27)17-4-3-15(21(30)31)25-19(17)23/h3-4,9-10H,2,5-8,11H2,1H3,(H,26,29)(H,30,31). The molecule has 0 unspecified atom stereocenters. The van der Waals surface area contributed by atoms with E-state index in [4.69, 9.17) is 5.11 Å². The number of hydrogen-bond donors (Lipinski definition) is 2. The summed E-state index contributed by atoms with van der Waals surface area (Å²) in [5.41, 5.74) is 1.13. The third-order valence-corrected chi connectivity index (χ3v) is 5.38. The number of carbonyl (C=O) groups is 1. The number of aryl methyl sites for hydroxylation is 1. The van der Waals surface area contributed by atoms with Crippen LogP contribution in [0, 0.1) is 11.8 Å². The van der Waals surface area contributed by atoms with E-state index in [0.29, 0.717) is 55.9 Å². The second kappa shape index (κ2) is 8.38. The molecule has 10 heteroatoms. The van der Waals surface area contributed by atoms with Crippen molar-refractivity contribution in [2.24, 2.45) is 0 Å². The van der Waals surface area contributed by atoms with Crippen molar-refractivity contribution >= 4 is 22.7 Å². The Morgan fingerprint density at radius 3 is 2.55 bits per heavy atom. The highest BCUT2D eigenvalue weighted by molar-refractivity contribution is 5.85. The van der Waals surface area contributed by atoms with E-state index in [9.17, 15) is 18.4 Å². The summed E-state index contributed by atoms with van der Waals surface area (Å²) >= 11 is 0. The first-order valence-electron chi connectivity index (χ1n) is 9.94. The van der Waals surface area contributed by atoms with Gasteiger partial charge in [0.25, 0.3) is 5.56 Å². The van der Waals surface area contributed by atoms with Crippen LogP contribution in [-0.2, 0) is 13.0 Å². The molecule has 162 valence electrons. The molecule has 0 saturated carbocycles. The number of benzene rings is 1. The summed E-state index contributed by atoms with van der Waals surface area (Å²) < 4.78 is 28.8. The Morgan fingerprint density at radius 1 is 1.16 bits per heavy atom. The zero-order valence-electron chi connectivity index (χ0n) is 16.9. The molecule has 0 atom stereocenters. The topological polar surface area (TPSA) is 102 Å². The molecule has 8 nitrogen and oxygen atoms in total. The number of hydrogen-bond acceptors (Lipinski definition) is 6. The fraction of sp³-hybridized carbons (Fsp3) is 0.333. The minimum Gasteiger partial charge on any atom is -0.477 e. The lowest BCUT2D eigenvalue weighted by Crippen LogP contribution is -2.46. The summed E-state index contributed by atoms with van der Waals surface area (Å²) in [6.45, 7) is 4.49. The van der Waals surface area contributed by atoms with Crippen LogP contribution in [-0.4, -0.2) is 57.1 Å². The van der Waals surface area contributed by atoms with E-state index in [2.05, 4.69) is 19.9 Å². The van der Waals surface area contributed by atoms with Gasteiger partial charge in [-0.2, -0.15) is 4.39 Å². The maximum absolute atomic E-state index is 14.6. The van der Waals surface area contributed by atoms with Crippen LogP contribution in [0.3, 0.4) is 0 Å². The van der Waals surface area contributed by atoms with Crippen molar-refractivity contribution in [1.82, 2.24) is 19.9 Å². The van der Waals surface area contributed by atoms with Gasteiger partial charge in [-0.3, -0.25) is 9.69 Å². The maximum Gasteiger partial charge on any atom is 0.354 e. The summed E-state index contributed by atoms with van der Waals surface area (Å²) in [4.78, 5) is 37.2. The average Bonchev–Trinajstić information content (AvgIpc) is 2.74. The molecule has 1 aliphatic heterocycles. The summed E-state index contributed by atoms with van der Waals surface area (Å²) in [7, 11) is 0. The first-order valence-corrected chi connectivity index (χ1v) is 9.94. The average molecular weight is 429 g/mol. The number of nitrogens with one attached hydrogen (secondary N) is 1. The van der Waals surface area contributed by atoms with E-state index in [-0.39, 0.29) is 22.5 Å². The van der Waals surface area contributed by atoms with Crippen molar-refractivity contribution in [2.45, 2.75) is 19.9 Å². The summed E-state index contributed by atoms with van der Waals surface area (Å²) in [6.07, 6.45) is 0.423. The third-order valence-electron chi connectivity index (χ3n) is 5.38. The molecule has 0 aliphatic carbocycles. The molecule has 0 bridgehead atoms. The van der Waals surface area contributed by atoms with E-state index in [0.717, 1.165) is 0 Å². The van der Waals surface area contributed by atoms with Gasteiger partial charge in [-0.15, -0.1) is 0 Å². The lowest BCUT2D eigenvalue weighted by Gasteiger charge is -2.36. The van der Waals surface area contributed by atoms with Gasteiger partial charge in [0.15, 0.2) is 11.5 Å². The Kier molecular flexibility index (Phi) is 5.64. The number of rotatable bonds is 5. The Labute approximate surface area is 176 Å². The van der Waals surface area contributed by atoms with Crippen molar-refractivity contribution < 1.29 is 18.7 Å². The number of H-pyrrole nitrogens is 1. The van der Waals surface area contributed by atoms with Crippen LogP contribution in [0.25, 0.3) is 11.0 Å². The van der Waals surface area contributed by atoms with Crippen molar-refractivity contribution in [2.75, 3.05) is 31.1 Å². The maximum atomic E-state index is 14.6. The minimum absolute atomic E-state index is 0.151. The first kappa shape index (κ1) is 20.9. The number of pyridine rings is 1. The van der Waals surface area contributed by atoms with Gasteiger partial charge in [-0.05, 0) is 36.2 Å². The van der Waals surface area contributed by atoms with Gasteiger partial charge in [-0.25, -0.2) is 19.2 Å². The van der Waals surface area contributed by atoms with Gasteiger partial charge in [0.2, 0.25) is 5.95 Å². The summed E-state index contributed by atoms with van der Waals surface area (Å²) in [5.74, 6) is -2.57. The predicted octanol–water partition coefficient (Wildman–Crippen LogP) is 2.18. The second-order valence-corrected chi connectivity index (χ2v) is 7.41. The Morgan fingerprint density at radius 2 is 1.90 bits per heavy atom. The van der Waals surface area contributed by atoms with Crippen molar-refractivity contribution in [3.8, 4) is 0 Å². The Hall–Kier alpha value is -3.40. The zero-order valence-corrected chi connectivity index (χ0v) is 16.9. The Bertz CT molecular complexity index is 1210. The fourth-order valence-corrected chi connectivity index (χ4v) is 3.76. The number of piperazine rings is 1. The van der Waals surface area contributed by atoms with Crippen LogP contribution in [0.2, 0.25) is 0 Å². The molecule has 4 rings (SSSR count). The molecule has 2 N–H and O–H groups in total. The largest absolute Gasteiger partial charge is 0.477 e. The van der Waals surface area contributed by atoms with Crippen molar-refractivity contribution in [1.29, 1.82) is 0 Å². The molecule has 1 aromatic carbocycles. The second-order valence-electron chi connectivity index (χ2n) is 7.41. The molecule has 3 aromatic rings. The monoisotopic (exact) mass is 429 g/mol. The number of nitrogens with zero attached hydrogens (tertiary/aromatic N) is 4. The van der Waals surface area contributed by atoms with Crippen LogP contribution in [0.15, 0.2) is 29.1 Å². The number of aromatic carboxylic acids is 1. The quantitative estimate of drug-likeness (QED) is 0.600. The van der Waals surface area contributed by atoms with E-state index in [1.54, 1.807) is 17.9 Å². The zero-order chi connectivity index (χ0) is 22.1. The molecule has 1 fully saturated rings. The molecular formula is C21H21F2N5O3. The normalized spacial score (nSPS) is 14.9. The van der Waals surface area contributed by atoms with Crippen LogP contribution in [0.1, 0.15) is 28.7 Å². The predicted molar refractivity (Wildman–Crippen MR) is 110 cm³/mol. The van der Waals surface area contributed by atoms with Gasteiger partial charge in [0, 0.05) is 32.7 Å². The van der Waals surface area contributed by atoms with Crippen molar-refractivity contribution in [3.05, 3.63) is 63.3 Å². The van der Waals surface area contributed by atoms with Gasteiger partial charge >= 0.3 is 5.97 Å². The number of halogens is 2. The van der Waals surface area contributed by atoms with Gasteiger partial charge < -0.3 is 15.0 Å². The van der Waals surface area contributed by atoms with E-state index >= 15 is 0 Å². The third kappa shape index (κ3) is 4.24. The van der Waals surface area contributed by atoms with Crippen LogP contribution in [0.5, 0.6) is 0 Å². The molecule has 1 aliphatic rings. The van der Waals surface area contributed by atoms with E-state index in [1.807, 2.05) is 0 Å². The van der Waals surface area contributed by atoms with E-state index < -0.39 is 17.7 Å². The highest BCUT2D eigenvalue weighted by Crippen LogP contribution is 2.22. The highest BCUT2D eigenvalue weighted by atomic mass is 19.1. The number of aromatic amines is 1. The van der Waals surface area contributed by atoms with Crippen LogP contribution >= 0.6 is 0 Å². The first-order chi connectivity index (χ1) is 14.9. The lowest BCUT2D eigenvalue weighted by molar-refractivity contribution is 0.0689. The molecule has 0 amide bonds. The van der Waals surface area contributed by atoms with Gasteiger partial charge in [-0.1, -0.05) is 6.92 Å².